The number of hydrogen-bond donors (Lipinski definition) is 1. The van der Waals surface area contributed by atoms with Crippen molar-refractivity contribution >= 4 is 27.5 Å². The summed E-state index contributed by atoms with van der Waals surface area (Å²) in [6.07, 6.45) is 4.02. The van der Waals surface area contributed by atoms with Crippen LogP contribution in [-0.2, 0) is 32.6 Å². The second-order valence-corrected chi connectivity index (χ2v) is 14.0. The second kappa shape index (κ2) is 15.9. The first-order valence-corrected chi connectivity index (χ1v) is 17.8. The van der Waals surface area contributed by atoms with Crippen LogP contribution in [0.2, 0.25) is 0 Å². The van der Waals surface area contributed by atoms with Crippen molar-refractivity contribution < 1.29 is 27.1 Å². The van der Waals surface area contributed by atoms with Crippen LogP contribution in [0.25, 0.3) is 0 Å². The van der Waals surface area contributed by atoms with Gasteiger partial charge in [-0.15, -0.1) is 0 Å². The van der Waals surface area contributed by atoms with E-state index in [4.69, 9.17) is 4.74 Å². The SMILES string of the molecule is CCOc1ccc(S(=O)(=O)N(CC(=O)N(Cc2cccc(C)c2)[C@H](Cc2ccccc2)C(=O)NC2CCCC2)c2ccc(F)cc2)cc1. The Kier molecular flexibility index (Phi) is 11.5. The lowest BCUT2D eigenvalue weighted by Crippen LogP contribution is -2.54. The van der Waals surface area contributed by atoms with Crippen molar-refractivity contribution in [3.8, 4) is 5.75 Å². The molecule has 0 heterocycles. The van der Waals surface area contributed by atoms with E-state index in [1.54, 1.807) is 12.1 Å². The van der Waals surface area contributed by atoms with Gasteiger partial charge in [-0.25, -0.2) is 12.8 Å². The van der Waals surface area contributed by atoms with E-state index in [0.29, 0.717) is 12.4 Å². The van der Waals surface area contributed by atoms with Gasteiger partial charge in [-0.3, -0.25) is 13.9 Å². The van der Waals surface area contributed by atoms with Gasteiger partial charge in [0, 0.05) is 19.0 Å². The molecule has 1 aliphatic rings. The quantitative estimate of drug-likeness (QED) is 0.167. The first-order valence-electron chi connectivity index (χ1n) is 16.3. The largest absolute Gasteiger partial charge is 0.494 e. The number of rotatable bonds is 14. The minimum absolute atomic E-state index is 0.0162. The first kappa shape index (κ1) is 34.6. The predicted molar refractivity (Wildman–Crippen MR) is 185 cm³/mol. The highest BCUT2D eigenvalue weighted by Gasteiger charge is 2.35. The number of aryl methyl sites for hydroxylation is 1. The Morgan fingerprint density at radius 1 is 0.896 bits per heavy atom. The third kappa shape index (κ3) is 8.80. The average molecular weight is 672 g/mol. The summed E-state index contributed by atoms with van der Waals surface area (Å²) < 4.78 is 48.9. The summed E-state index contributed by atoms with van der Waals surface area (Å²) in [5, 5.41) is 3.18. The molecule has 252 valence electrons. The van der Waals surface area contributed by atoms with Crippen molar-refractivity contribution in [2.45, 2.75) is 69.5 Å². The molecular weight excluding hydrogens is 629 g/mol. The third-order valence-electron chi connectivity index (χ3n) is 8.52. The van der Waals surface area contributed by atoms with Crippen LogP contribution in [0.15, 0.2) is 108 Å². The van der Waals surface area contributed by atoms with Crippen LogP contribution in [0, 0.1) is 12.7 Å². The topological polar surface area (TPSA) is 96.0 Å². The molecule has 0 saturated heterocycles. The highest BCUT2D eigenvalue weighted by Crippen LogP contribution is 2.27. The summed E-state index contributed by atoms with van der Waals surface area (Å²) >= 11 is 0. The molecule has 0 aliphatic heterocycles. The first-order chi connectivity index (χ1) is 23.1. The molecule has 4 aromatic carbocycles. The van der Waals surface area contributed by atoms with Gasteiger partial charge in [-0.05, 0) is 86.3 Å². The lowest BCUT2D eigenvalue weighted by molar-refractivity contribution is -0.140. The maximum absolute atomic E-state index is 14.6. The number of anilines is 1. The van der Waals surface area contributed by atoms with Gasteiger partial charge < -0.3 is 15.0 Å². The number of carbonyl (C=O) groups is 2. The van der Waals surface area contributed by atoms with Crippen molar-refractivity contribution in [2.75, 3.05) is 17.5 Å². The van der Waals surface area contributed by atoms with Crippen molar-refractivity contribution in [3.05, 3.63) is 126 Å². The zero-order valence-corrected chi connectivity index (χ0v) is 28.2. The highest BCUT2D eigenvalue weighted by molar-refractivity contribution is 7.92. The van der Waals surface area contributed by atoms with Crippen molar-refractivity contribution in [1.82, 2.24) is 10.2 Å². The molecule has 1 fully saturated rings. The molecule has 4 aromatic rings. The fraction of sp³-hybridized carbons (Fsp3) is 0.316. The van der Waals surface area contributed by atoms with E-state index < -0.39 is 34.3 Å². The van der Waals surface area contributed by atoms with Crippen molar-refractivity contribution in [1.29, 1.82) is 0 Å². The van der Waals surface area contributed by atoms with E-state index in [1.165, 1.54) is 29.2 Å². The molecule has 0 spiro atoms. The molecule has 0 unspecified atom stereocenters. The van der Waals surface area contributed by atoms with Crippen molar-refractivity contribution in [3.63, 3.8) is 0 Å². The van der Waals surface area contributed by atoms with E-state index in [9.17, 15) is 22.4 Å². The number of halogens is 1. The second-order valence-electron chi connectivity index (χ2n) is 12.1. The lowest BCUT2D eigenvalue weighted by atomic mass is 10.0. The molecule has 2 amide bonds. The van der Waals surface area contributed by atoms with Gasteiger partial charge in [0.25, 0.3) is 10.0 Å². The van der Waals surface area contributed by atoms with E-state index in [0.717, 1.165) is 58.8 Å². The zero-order valence-electron chi connectivity index (χ0n) is 27.3. The van der Waals surface area contributed by atoms with Gasteiger partial charge in [-0.2, -0.15) is 0 Å². The van der Waals surface area contributed by atoms with Crippen LogP contribution in [0.1, 0.15) is 49.3 Å². The van der Waals surface area contributed by atoms with E-state index in [1.807, 2.05) is 68.4 Å². The van der Waals surface area contributed by atoms with Gasteiger partial charge in [0.2, 0.25) is 11.8 Å². The van der Waals surface area contributed by atoms with Crippen LogP contribution in [0.3, 0.4) is 0 Å². The number of hydrogen-bond acceptors (Lipinski definition) is 5. The Morgan fingerprint density at radius 2 is 1.56 bits per heavy atom. The number of nitrogens with one attached hydrogen (secondary N) is 1. The van der Waals surface area contributed by atoms with Crippen LogP contribution in [0.4, 0.5) is 10.1 Å². The Labute approximate surface area is 282 Å². The maximum Gasteiger partial charge on any atom is 0.264 e. The minimum Gasteiger partial charge on any atom is -0.494 e. The molecule has 1 aliphatic carbocycles. The van der Waals surface area contributed by atoms with E-state index >= 15 is 0 Å². The smallest absolute Gasteiger partial charge is 0.264 e. The lowest BCUT2D eigenvalue weighted by Gasteiger charge is -2.34. The van der Waals surface area contributed by atoms with Gasteiger partial charge in [-0.1, -0.05) is 73.0 Å². The number of amides is 2. The summed E-state index contributed by atoms with van der Waals surface area (Å²) in [5.74, 6) is -0.898. The zero-order chi connectivity index (χ0) is 34.1. The Hall–Kier alpha value is -4.70. The third-order valence-corrected chi connectivity index (χ3v) is 10.3. The molecule has 48 heavy (non-hydrogen) atoms. The number of sulfonamides is 1. The summed E-state index contributed by atoms with van der Waals surface area (Å²) in [6, 6.07) is 27.1. The molecule has 8 nitrogen and oxygen atoms in total. The Bertz CT molecular complexity index is 1780. The molecule has 1 saturated carbocycles. The standard InChI is InChI=1S/C38H42FN3O5S/c1-3-47-34-20-22-35(23-21-34)48(45,46)42(33-18-16-31(39)17-19-33)27-37(43)41(26-30-13-9-10-28(2)24-30)36(25-29-11-5-4-6-12-29)38(44)40-32-14-7-8-15-32/h4-6,9-13,16-24,32,36H,3,7-8,14-15,25-27H2,1-2H3,(H,40,44)/t36-/m1/s1. The highest BCUT2D eigenvalue weighted by atomic mass is 32.2. The molecule has 1 atom stereocenters. The average Bonchev–Trinajstić information content (AvgIpc) is 3.59. The molecule has 10 heteroatoms. The maximum atomic E-state index is 14.6. The van der Waals surface area contributed by atoms with Gasteiger partial charge in [0.15, 0.2) is 0 Å². The molecule has 0 bridgehead atoms. The molecule has 0 radical (unpaired) electrons. The van der Waals surface area contributed by atoms with Crippen LogP contribution >= 0.6 is 0 Å². The summed E-state index contributed by atoms with van der Waals surface area (Å²) in [5.41, 5.74) is 2.77. The number of ether oxygens (including phenoxy) is 1. The number of carbonyl (C=O) groups excluding carboxylic acids is 2. The van der Waals surface area contributed by atoms with E-state index in [-0.39, 0.29) is 35.5 Å². The Balaban J connectivity index is 1.55. The summed E-state index contributed by atoms with van der Waals surface area (Å²) in [4.78, 5) is 30.2. The van der Waals surface area contributed by atoms with E-state index in [2.05, 4.69) is 5.32 Å². The van der Waals surface area contributed by atoms with Gasteiger partial charge in [0.05, 0.1) is 17.2 Å². The fourth-order valence-corrected chi connectivity index (χ4v) is 7.48. The number of nitrogens with zero attached hydrogens (tertiary/aromatic N) is 2. The molecule has 1 N–H and O–H groups in total. The molecular formula is C38H42FN3O5S. The predicted octanol–water partition coefficient (Wildman–Crippen LogP) is 6.43. The molecule has 5 rings (SSSR count). The summed E-state index contributed by atoms with van der Waals surface area (Å²) in [7, 11) is -4.32. The van der Waals surface area contributed by atoms with Crippen LogP contribution < -0.4 is 14.4 Å². The minimum atomic E-state index is -4.32. The fourth-order valence-electron chi connectivity index (χ4n) is 6.07. The van der Waals surface area contributed by atoms with Crippen molar-refractivity contribution in [2.24, 2.45) is 0 Å². The van der Waals surface area contributed by atoms with Crippen LogP contribution in [0.5, 0.6) is 5.75 Å². The molecule has 0 aromatic heterocycles. The number of benzene rings is 4. The monoisotopic (exact) mass is 671 g/mol. The van der Waals surface area contributed by atoms with Crippen LogP contribution in [-0.4, -0.2) is 50.4 Å². The normalized spacial score (nSPS) is 13.9. The van der Waals surface area contributed by atoms with Gasteiger partial charge in [0.1, 0.15) is 24.2 Å². The summed E-state index contributed by atoms with van der Waals surface area (Å²) in [6.45, 7) is 3.65. The van der Waals surface area contributed by atoms with Gasteiger partial charge >= 0.3 is 0 Å². The Morgan fingerprint density at radius 3 is 2.21 bits per heavy atom.